The zero-order valence-corrected chi connectivity index (χ0v) is 12.1. The quantitative estimate of drug-likeness (QED) is 0.886. The van der Waals surface area contributed by atoms with Crippen molar-refractivity contribution in [1.29, 1.82) is 0 Å². The van der Waals surface area contributed by atoms with Crippen molar-refractivity contribution in [3.05, 3.63) is 63.9 Å². The SMILES string of the molecule is CC(NCc1cc(F)ccc1O)c1cccc(Br)c1. The molecule has 0 aliphatic heterocycles. The fourth-order valence-electron chi connectivity index (χ4n) is 1.85. The Morgan fingerprint density at radius 3 is 2.79 bits per heavy atom. The Kier molecular flexibility index (Phi) is 4.56. The average Bonchev–Trinajstić information content (AvgIpc) is 2.39. The Hall–Kier alpha value is -1.39. The molecule has 2 N–H and O–H groups in total. The molecule has 4 heteroatoms. The number of rotatable bonds is 4. The van der Waals surface area contributed by atoms with Gasteiger partial charge >= 0.3 is 0 Å². The van der Waals surface area contributed by atoms with Crippen molar-refractivity contribution in [1.82, 2.24) is 5.32 Å². The van der Waals surface area contributed by atoms with Gasteiger partial charge in [-0.25, -0.2) is 4.39 Å². The van der Waals surface area contributed by atoms with Crippen molar-refractivity contribution in [3.63, 3.8) is 0 Å². The Morgan fingerprint density at radius 2 is 2.05 bits per heavy atom. The molecule has 0 radical (unpaired) electrons. The maximum absolute atomic E-state index is 13.1. The summed E-state index contributed by atoms with van der Waals surface area (Å²) in [6, 6.07) is 12.1. The first-order valence-corrected chi connectivity index (χ1v) is 6.82. The molecule has 2 aromatic rings. The molecule has 0 saturated carbocycles. The Balaban J connectivity index is 2.04. The van der Waals surface area contributed by atoms with E-state index in [1.807, 2.05) is 31.2 Å². The molecule has 2 rings (SSSR count). The van der Waals surface area contributed by atoms with Gasteiger partial charge in [0.2, 0.25) is 0 Å². The topological polar surface area (TPSA) is 32.3 Å². The highest BCUT2D eigenvalue weighted by atomic mass is 79.9. The van der Waals surface area contributed by atoms with Gasteiger partial charge in [-0.05, 0) is 42.8 Å². The van der Waals surface area contributed by atoms with Crippen molar-refractivity contribution >= 4 is 15.9 Å². The summed E-state index contributed by atoms with van der Waals surface area (Å²) in [7, 11) is 0. The van der Waals surface area contributed by atoms with E-state index in [9.17, 15) is 9.50 Å². The van der Waals surface area contributed by atoms with Crippen LogP contribution in [0.4, 0.5) is 4.39 Å². The van der Waals surface area contributed by atoms with Gasteiger partial charge in [0.05, 0.1) is 0 Å². The predicted molar refractivity (Wildman–Crippen MR) is 77.5 cm³/mol. The van der Waals surface area contributed by atoms with E-state index in [0.29, 0.717) is 12.1 Å². The predicted octanol–water partition coefficient (Wildman–Crippen LogP) is 4.14. The number of hydrogen-bond acceptors (Lipinski definition) is 2. The molecule has 0 fully saturated rings. The van der Waals surface area contributed by atoms with E-state index in [1.165, 1.54) is 18.2 Å². The molecule has 19 heavy (non-hydrogen) atoms. The van der Waals surface area contributed by atoms with Crippen LogP contribution in [0.2, 0.25) is 0 Å². The summed E-state index contributed by atoms with van der Waals surface area (Å²) in [4.78, 5) is 0. The zero-order chi connectivity index (χ0) is 13.8. The van der Waals surface area contributed by atoms with E-state index in [4.69, 9.17) is 0 Å². The van der Waals surface area contributed by atoms with Gasteiger partial charge in [0.25, 0.3) is 0 Å². The van der Waals surface area contributed by atoms with Crippen molar-refractivity contribution in [2.45, 2.75) is 19.5 Å². The van der Waals surface area contributed by atoms with Crippen molar-refractivity contribution in [2.75, 3.05) is 0 Å². The average molecular weight is 324 g/mol. The molecule has 0 bridgehead atoms. The number of phenols is 1. The summed E-state index contributed by atoms with van der Waals surface area (Å²) in [5, 5.41) is 12.9. The third kappa shape index (κ3) is 3.78. The van der Waals surface area contributed by atoms with E-state index in [0.717, 1.165) is 10.0 Å². The van der Waals surface area contributed by atoms with Crippen LogP contribution in [-0.4, -0.2) is 5.11 Å². The molecule has 100 valence electrons. The lowest BCUT2D eigenvalue weighted by Gasteiger charge is -2.15. The van der Waals surface area contributed by atoms with Crippen LogP contribution in [0.15, 0.2) is 46.9 Å². The number of hydrogen-bond donors (Lipinski definition) is 2. The van der Waals surface area contributed by atoms with Gasteiger partial charge in [-0.1, -0.05) is 28.1 Å². The molecular formula is C15H15BrFNO. The molecule has 2 aromatic carbocycles. The van der Waals surface area contributed by atoms with Gasteiger partial charge in [0.1, 0.15) is 11.6 Å². The highest BCUT2D eigenvalue weighted by Crippen LogP contribution is 2.21. The van der Waals surface area contributed by atoms with E-state index in [-0.39, 0.29) is 17.6 Å². The summed E-state index contributed by atoms with van der Waals surface area (Å²) < 4.78 is 14.1. The van der Waals surface area contributed by atoms with E-state index >= 15 is 0 Å². The van der Waals surface area contributed by atoms with Gasteiger partial charge in [-0.15, -0.1) is 0 Å². The van der Waals surface area contributed by atoms with Gasteiger partial charge in [-0.3, -0.25) is 0 Å². The van der Waals surface area contributed by atoms with Crippen LogP contribution in [0.1, 0.15) is 24.1 Å². The number of benzene rings is 2. The van der Waals surface area contributed by atoms with Crippen LogP contribution in [0, 0.1) is 5.82 Å². The lowest BCUT2D eigenvalue weighted by atomic mass is 10.1. The molecule has 0 saturated heterocycles. The third-order valence-electron chi connectivity index (χ3n) is 2.99. The molecule has 0 heterocycles. The number of phenolic OH excluding ortho intramolecular Hbond substituents is 1. The monoisotopic (exact) mass is 323 g/mol. The molecule has 1 unspecified atom stereocenters. The molecule has 0 aliphatic rings. The maximum atomic E-state index is 13.1. The first kappa shape index (κ1) is 14.0. The fraction of sp³-hybridized carbons (Fsp3) is 0.200. The van der Waals surface area contributed by atoms with Crippen LogP contribution >= 0.6 is 15.9 Å². The number of aromatic hydroxyl groups is 1. The Morgan fingerprint density at radius 1 is 1.26 bits per heavy atom. The molecule has 0 aliphatic carbocycles. The lowest BCUT2D eigenvalue weighted by molar-refractivity contribution is 0.457. The second kappa shape index (κ2) is 6.17. The molecule has 0 amide bonds. The van der Waals surface area contributed by atoms with Crippen LogP contribution < -0.4 is 5.32 Å². The highest BCUT2D eigenvalue weighted by Gasteiger charge is 2.08. The van der Waals surface area contributed by atoms with Crippen molar-refractivity contribution in [2.24, 2.45) is 0 Å². The minimum Gasteiger partial charge on any atom is -0.508 e. The Labute approximate surface area is 120 Å². The molecule has 1 atom stereocenters. The van der Waals surface area contributed by atoms with Crippen LogP contribution in [-0.2, 0) is 6.54 Å². The van der Waals surface area contributed by atoms with Gasteiger partial charge < -0.3 is 10.4 Å². The van der Waals surface area contributed by atoms with E-state index in [2.05, 4.69) is 21.2 Å². The molecule has 0 aromatic heterocycles. The Bertz CT molecular complexity index is 574. The minimum atomic E-state index is -0.343. The number of halogens is 2. The normalized spacial score (nSPS) is 12.4. The third-order valence-corrected chi connectivity index (χ3v) is 3.48. The fourth-order valence-corrected chi connectivity index (χ4v) is 2.27. The highest BCUT2D eigenvalue weighted by molar-refractivity contribution is 9.10. The first-order valence-electron chi connectivity index (χ1n) is 6.02. The molecule has 2 nitrogen and oxygen atoms in total. The van der Waals surface area contributed by atoms with Gasteiger partial charge in [0, 0.05) is 22.6 Å². The smallest absolute Gasteiger partial charge is 0.123 e. The first-order chi connectivity index (χ1) is 9.06. The minimum absolute atomic E-state index is 0.107. The standard InChI is InChI=1S/C15H15BrFNO/c1-10(11-3-2-4-13(16)7-11)18-9-12-8-14(17)5-6-15(12)19/h2-8,10,18-19H,9H2,1H3. The lowest BCUT2D eigenvalue weighted by Crippen LogP contribution is -2.18. The summed E-state index contributed by atoms with van der Waals surface area (Å²) in [5.74, 6) is -0.236. The largest absolute Gasteiger partial charge is 0.508 e. The maximum Gasteiger partial charge on any atom is 0.123 e. The molecular weight excluding hydrogens is 309 g/mol. The zero-order valence-electron chi connectivity index (χ0n) is 10.5. The molecule has 0 spiro atoms. The van der Waals surface area contributed by atoms with Crippen LogP contribution in [0.25, 0.3) is 0 Å². The van der Waals surface area contributed by atoms with E-state index < -0.39 is 0 Å². The van der Waals surface area contributed by atoms with Gasteiger partial charge in [-0.2, -0.15) is 0 Å². The summed E-state index contributed by atoms with van der Waals surface area (Å²) in [6.45, 7) is 2.44. The van der Waals surface area contributed by atoms with E-state index in [1.54, 1.807) is 0 Å². The van der Waals surface area contributed by atoms with Crippen LogP contribution in [0.3, 0.4) is 0 Å². The second-order valence-corrected chi connectivity index (χ2v) is 5.35. The van der Waals surface area contributed by atoms with Crippen LogP contribution in [0.5, 0.6) is 5.75 Å². The van der Waals surface area contributed by atoms with Crippen molar-refractivity contribution < 1.29 is 9.50 Å². The summed E-state index contributed by atoms with van der Waals surface area (Å²) >= 11 is 3.43. The summed E-state index contributed by atoms with van der Waals surface area (Å²) in [6.07, 6.45) is 0. The summed E-state index contributed by atoms with van der Waals surface area (Å²) in [5.41, 5.74) is 1.69. The van der Waals surface area contributed by atoms with Gasteiger partial charge in [0.15, 0.2) is 0 Å². The number of nitrogens with one attached hydrogen (secondary N) is 1. The van der Waals surface area contributed by atoms with Crippen molar-refractivity contribution in [3.8, 4) is 5.75 Å². The second-order valence-electron chi connectivity index (χ2n) is 4.43.